The summed E-state index contributed by atoms with van der Waals surface area (Å²) >= 11 is 7.62. The van der Waals surface area contributed by atoms with Crippen LogP contribution >= 0.6 is 22.9 Å². The molecule has 2 heterocycles. The summed E-state index contributed by atoms with van der Waals surface area (Å²) in [5.41, 5.74) is 3.83. The van der Waals surface area contributed by atoms with Crippen molar-refractivity contribution in [3.63, 3.8) is 0 Å². The number of carbonyl (C=O) groups excluding carboxylic acids is 1. The van der Waals surface area contributed by atoms with Gasteiger partial charge in [0.15, 0.2) is 10.9 Å². The molecule has 0 fully saturated rings. The summed E-state index contributed by atoms with van der Waals surface area (Å²) in [5, 5.41) is 8.04. The maximum absolute atomic E-state index is 12.7. The number of benzene rings is 2. The van der Waals surface area contributed by atoms with Crippen LogP contribution in [0.15, 0.2) is 67.4 Å². The zero-order valence-electron chi connectivity index (χ0n) is 17.7. The minimum atomic E-state index is 0.0139. The van der Waals surface area contributed by atoms with Gasteiger partial charge in [-0.25, -0.2) is 9.97 Å². The summed E-state index contributed by atoms with van der Waals surface area (Å²) in [4.78, 5) is 21.8. The first-order chi connectivity index (χ1) is 15.6. The number of aryl methyl sites for hydroxylation is 2. The van der Waals surface area contributed by atoms with E-state index < -0.39 is 0 Å². The number of ketones is 1. The molecule has 0 saturated heterocycles. The number of nitrogens with zero attached hydrogens (tertiary/aromatic N) is 3. The smallest absolute Gasteiger partial charge is 0.187 e. The highest BCUT2D eigenvalue weighted by Crippen LogP contribution is 2.27. The highest BCUT2D eigenvalue weighted by molar-refractivity contribution is 7.17. The molecule has 6 nitrogen and oxygen atoms in total. The number of aromatic nitrogens is 3. The van der Waals surface area contributed by atoms with Gasteiger partial charge < -0.3 is 15.2 Å². The van der Waals surface area contributed by atoms with Crippen LogP contribution in [0.1, 0.15) is 27.2 Å². The summed E-state index contributed by atoms with van der Waals surface area (Å²) in [6, 6.07) is 13.7. The minimum absolute atomic E-state index is 0.0139. The topological polar surface area (TPSA) is 71.8 Å². The molecule has 4 aromatic rings. The van der Waals surface area contributed by atoms with E-state index in [0.717, 1.165) is 42.0 Å². The number of Topliss-reactive ketones (excluding diaryl/α,β-unsaturated/α-hetero) is 1. The molecule has 32 heavy (non-hydrogen) atoms. The Morgan fingerprint density at radius 3 is 2.84 bits per heavy atom. The van der Waals surface area contributed by atoms with E-state index in [1.54, 1.807) is 12.4 Å². The first kappa shape index (κ1) is 22.0. The van der Waals surface area contributed by atoms with Gasteiger partial charge in [-0.3, -0.25) is 4.79 Å². The molecule has 164 valence electrons. The Balaban J connectivity index is 1.33. The van der Waals surface area contributed by atoms with Crippen molar-refractivity contribution in [3.05, 3.63) is 88.4 Å². The predicted molar refractivity (Wildman–Crippen MR) is 131 cm³/mol. The number of hydrogen-bond acceptors (Lipinski definition) is 6. The molecule has 0 amide bonds. The van der Waals surface area contributed by atoms with Gasteiger partial charge in [0.1, 0.15) is 0 Å². The van der Waals surface area contributed by atoms with Crippen molar-refractivity contribution in [2.24, 2.45) is 0 Å². The Kier molecular flexibility index (Phi) is 7.19. The summed E-state index contributed by atoms with van der Waals surface area (Å²) in [7, 11) is 0. The minimum Gasteiger partial charge on any atom is -0.385 e. The molecular formula is C24H24ClN5OS. The monoisotopic (exact) mass is 465 g/mol. The normalized spacial score (nSPS) is 10.8. The SMILES string of the molecule is Cc1cccc(Cl)c1CC(=O)c1cnc(Nc2cccc(NCCCn3ccnc3)c2)s1. The van der Waals surface area contributed by atoms with Gasteiger partial charge in [0.25, 0.3) is 0 Å². The quantitative estimate of drug-likeness (QED) is 0.223. The first-order valence-corrected chi connectivity index (χ1v) is 11.6. The number of hydrogen-bond donors (Lipinski definition) is 2. The highest BCUT2D eigenvalue weighted by atomic mass is 35.5. The fourth-order valence-corrected chi connectivity index (χ4v) is 4.41. The lowest BCUT2D eigenvalue weighted by molar-refractivity contribution is 0.0996. The van der Waals surface area contributed by atoms with Crippen molar-refractivity contribution >= 4 is 45.2 Å². The van der Waals surface area contributed by atoms with Crippen LogP contribution in [0.4, 0.5) is 16.5 Å². The number of rotatable bonds is 10. The van der Waals surface area contributed by atoms with E-state index >= 15 is 0 Å². The number of anilines is 3. The van der Waals surface area contributed by atoms with E-state index in [2.05, 4.69) is 25.2 Å². The molecule has 8 heteroatoms. The third-order valence-corrected chi connectivity index (χ3v) is 6.37. The van der Waals surface area contributed by atoms with Crippen LogP contribution < -0.4 is 10.6 Å². The zero-order chi connectivity index (χ0) is 22.3. The van der Waals surface area contributed by atoms with Crippen LogP contribution in [0.5, 0.6) is 0 Å². The number of carbonyl (C=O) groups is 1. The molecule has 0 aliphatic heterocycles. The maximum atomic E-state index is 12.7. The van der Waals surface area contributed by atoms with E-state index in [0.29, 0.717) is 15.0 Å². The highest BCUT2D eigenvalue weighted by Gasteiger charge is 2.15. The van der Waals surface area contributed by atoms with Crippen molar-refractivity contribution in [1.29, 1.82) is 0 Å². The van der Waals surface area contributed by atoms with Gasteiger partial charge >= 0.3 is 0 Å². The Morgan fingerprint density at radius 1 is 1.19 bits per heavy atom. The molecule has 0 bridgehead atoms. The zero-order valence-corrected chi connectivity index (χ0v) is 19.3. The van der Waals surface area contributed by atoms with Gasteiger partial charge in [-0.05, 0) is 48.7 Å². The molecule has 0 spiro atoms. The van der Waals surface area contributed by atoms with Crippen LogP contribution in [-0.2, 0) is 13.0 Å². The molecule has 2 N–H and O–H groups in total. The van der Waals surface area contributed by atoms with E-state index in [9.17, 15) is 4.79 Å². The average Bonchev–Trinajstić information content (AvgIpc) is 3.46. The van der Waals surface area contributed by atoms with E-state index in [-0.39, 0.29) is 12.2 Å². The summed E-state index contributed by atoms with van der Waals surface area (Å²) in [5.74, 6) is 0.0139. The van der Waals surface area contributed by atoms with Crippen LogP contribution in [-0.4, -0.2) is 26.9 Å². The molecule has 2 aromatic carbocycles. The Labute approximate surface area is 196 Å². The number of imidazole rings is 1. The van der Waals surface area contributed by atoms with Gasteiger partial charge in [0.05, 0.1) is 17.4 Å². The largest absolute Gasteiger partial charge is 0.385 e. The fourth-order valence-electron chi connectivity index (χ4n) is 3.34. The average molecular weight is 466 g/mol. The van der Waals surface area contributed by atoms with Crippen LogP contribution in [0.3, 0.4) is 0 Å². The number of halogens is 1. The van der Waals surface area contributed by atoms with E-state index in [1.807, 2.05) is 61.9 Å². The Morgan fingerprint density at radius 2 is 2.03 bits per heavy atom. The van der Waals surface area contributed by atoms with Crippen molar-refractivity contribution in [3.8, 4) is 0 Å². The lowest BCUT2D eigenvalue weighted by Gasteiger charge is -2.09. The second-order valence-corrected chi connectivity index (χ2v) is 8.89. The van der Waals surface area contributed by atoms with Gasteiger partial charge in [-0.2, -0.15) is 0 Å². The molecular weight excluding hydrogens is 442 g/mol. The number of nitrogens with one attached hydrogen (secondary N) is 2. The standard InChI is InChI=1S/C24H24ClN5OS/c1-17-5-2-8-21(25)20(17)14-22(31)23-15-28-24(32-23)29-19-7-3-6-18(13-19)27-9-4-11-30-12-10-26-16-30/h2-3,5-8,10,12-13,15-16,27H,4,9,11,14H2,1H3,(H,28,29). The molecule has 2 aromatic heterocycles. The van der Waals surface area contributed by atoms with Gasteiger partial charge in [0.2, 0.25) is 0 Å². The molecule has 0 radical (unpaired) electrons. The molecule has 4 rings (SSSR count). The van der Waals surface area contributed by atoms with Crippen molar-refractivity contribution < 1.29 is 4.79 Å². The van der Waals surface area contributed by atoms with Crippen molar-refractivity contribution in [2.45, 2.75) is 26.3 Å². The van der Waals surface area contributed by atoms with E-state index in [4.69, 9.17) is 11.6 Å². The first-order valence-electron chi connectivity index (χ1n) is 10.4. The van der Waals surface area contributed by atoms with E-state index in [1.165, 1.54) is 11.3 Å². The summed E-state index contributed by atoms with van der Waals surface area (Å²) in [6.45, 7) is 3.75. The Bertz CT molecular complexity index is 1170. The fraction of sp³-hybridized carbons (Fsp3) is 0.208. The van der Waals surface area contributed by atoms with Crippen molar-refractivity contribution in [1.82, 2.24) is 14.5 Å². The summed E-state index contributed by atoms with van der Waals surface area (Å²) < 4.78 is 2.06. The molecule has 0 atom stereocenters. The maximum Gasteiger partial charge on any atom is 0.187 e. The Hall–Kier alpha value is -3.16. The molecule has 0 unspecified atom stereocenters. The summed E-state index contributed by atoms with van der Waals surface area (Å²) in [6.07, 6.45) is 8.47. The van der Waals surface area contributed by atoms with Gasteiger partial charge in [-0.15, -0.1) is 0 Å². The van der Waals surface area contributed by atoms with Crippen LogP contribution in [0.2, 0.25) is 5.02 Å². The number of thiazole rings is 1. The van der Waals surface area contributed by atoms with Crippen LogP contribution in [0, 0.1) is 6.92 Å². The molecule has 0 aliphatic carbocycles. The second kappa shape index (κ2) is 10.4. The lowest BCUT2D eigenvalue weighted by Crippen LogP contribution is -2.05. The van der Waals surface area contributed by atoms with Gasteiger partial charge in [-0.1, -0.05) is 41.1 Å². The predicted octanol–water partition coefficient (Wildman–Crippen LogP) is 5.97. The third kappa shape index (κ3) is 5.75. The second-order valence-electron chi connectivity index (χ2n) is 7.45. The van der Waals surface area contributed by atoms with Gasteiger partial charge in [0, 0.05) is 48.3 Å². The van der Waals surface area contributed by atoms with Crippen molar-refractivity contribution in [2.75, 3.05) is 17.2 Å². The molecule has 0 saturated carbocycles. The van der Waals surface area contributed by atoms with Crippen LogP contribution in [0.25, 0.3) is 0 Å². The third-order valence-electron chi connectivity index (χ3n) is 5.07. The molecule has 0 aliphatic rings. The lowest BCUT2D eigenvalue weighted by atomic mass is 10.0.